The van der Waals surface area contributed by atoms with E-state index in [0.717, 1.165) is 79.7 Å². The standard InChI is InChI=1S/C66H46N2O/c1-2-17-45(18-3-1)49-19-14-20-50(43-49)51-21-15-22-53(44-51)67(62-31-10-7-26-57(62)59-28-16-29-60-58-27-8-13-34-65(58)69-66(59)60)52-41-39-47(40-42-52)46-35-37-48(38-36-46)54-23-4-9-30-61(54)68-63-32-11-5-24-55(63)56-25-6-12-33-64(56)68/h1-11,13-32,34-44H,12,33H2. The summed E-state index contributed by atoms with van der Waals surface area (Å²) in [6.45, 7) is 0. The number of fused-ring (bicyclic) bond motifs is 6. The minimum atomic E-state index is 0.886. The molecule has 326 valence electrons. The van der Waals surface area contributed by atoms with E-state index in [9.17, 15) is 0 Å². The van der Waals surface area contributed by atoms with E-state index >= 15 is 0 Å². The van der Waals surface area contributed by atoms with Gasteiger partial charge in [-0.25, -0.2) is 0 Å². The molecule has 0 bridgehead atoms. The first-order valence-corrected chi connectivity index (χ1v) is 23.9. The van der Waals surface area contributed by atoms with Gasteiger partial charge < -0.3 is 13.9 Å². The lowest BCUT2D eigenvalue weighted by Gasteiger charge is -2.28. The van der Waals surface area contributed by atoms with Crippen molar-refractivity contribution in [1.82, 2.24) is 4.57 Å². The van der Waals surface area contributed by atoms with Crippen LogP contribution >= 0.6 is 0 Å². The van der Waals surface area contributed by atoms with Crippen molar-refractivity contribution >= 4 is 56.0 Å². The summed E-state index contributed by atoms with van der Waals surface area (Å²) in [4.78, 5) is 2.39. The van der Waals surface area contributed by atoms with Gasteiger partial charge >= 0.3 is 0 Å². The zero-order valence-electron chi connectivity index (χ0n) is 38.0. The predicted molar refractivity (Wildman–Crippen MR) is 290 cm³/mol. The zero-order chi connectivity index (χ0) is 45.7. The number of allylic oxidation sites excluding steroid dienone is 1. The average molecular weight is 883 g/mol. The second kappa shape index (κ2) is 17.1. The van der Waals surface area contributed by atoms with Gasteiger partial charge in [0.15, 0.2) is 0 Å². The lowest BCUT2D eigenvalue weighted by atomic mass is 9.97. The van der Waals surface area contributed by atoms with Gasteiger partial charge in [-0.05, 0) is 106 Å². The van der Waals surface area contributed by atoms with Crippen LogP contribution in [0.3, 0.4) is 0 Å². The molecule has 0 radical (unpaired) electrons. The number of hydrogen-bond acceptors (Lipinski definition) is 2. The van der Waals surface area contributed by atoms with E-state index in [1.54, 1.807) is 0 Å². The first-order valence-electron chi connectivity index (χ1n) is 23.9. The molecule has 0 saturated carbocycles. The highest BCUT2D eigenvalue weighted by Crippen LogP contribution is 2.46. The lowest BCUT2D eigenvalue weighted by molar-refractivity contribution is 0.670. The van der Waals surface area contributed by atoms with Crippen molar-refractivity contribution in [2.75, 3.05) is 4.90 Å². The molecule has 10 aromatic carbocycles. The molecule has 3 nitrogen and oxygen atoms in total. The Morgan fingerprint density at radius 1 is 0.391 bits per heavy atom. The van der Waals surface area contributed by atoms with Crippen LogP contribution in [0, 0.1) is 0 Å². The summed E-state index contributed by atoms with van der Waals surface area (Å²) in [5.41, 5.74) is 21.7. The summed E-state index contributed by atoms with van der Waals surface area (Å²) in [7, 11) is 0. The van der Waals surface area contributed by atoms with Gasteiger partial charge in [0, 0.05) is 55.5 Å². The number of anilines is 3. The summed E-state index contributed by atoms with van der Waals surface area (Å²) in [6.07, 6.45) is 6.70. The Morgan fingerprint density at radius 2 is 0.971 bits per heavy atom. The Bertz CT molecular complexity index is 3890. The van der Waals surface area contributed by atoms with Gasteiger partial charge in [-0.2, -0.15) is 0 Å². The van der Waals surface area contributed by atoms with Crippen LogP contribution in [0.4, 0.5) is 17.1 Å². The number of rotatable bonds is 9. The van der Waals surface area contributed by atoms with E-state index in [4.69, 9.17) is 4.42 Å². The molecule has 0 atom stereocenters. The van der Waals surface area contributed by atoms with Crippen molar-refractivity contribution in [3.8, 4) is 61.3 Å². The van der Waals surface area contributed by atoms with Crippen LogP contribution < -0.4 is 4.90 Å². The molecule has 13 rings (SSSR count). The number of furan rings is 1. The molecule has 69 heavy (non-hydrogen) atoms. The van der Waals surface area contributed by atoms with Gasteiger partial charge in [-0.3, -0.25) is 0 Å². The summed E-state index contributed by atoms with van der Waals surface area (Å²) in [5, 5.41) is 3.54. The van der Waals surface area contributed by atoms with E-state index < -0.39 is 0 Å². The van der Waals surface area contributed by atoms with Crippen molar-refractivity contribution in [3.05, 3.63) is 260 Å². The molecule has 12 aromatic rings. The Balaban J connectivity index is 0.896. The van der Waals surface area contributed by atoms with Gasteiger partial charge in [0.05, 0.1) is 16.9 Å². The van der Waals surface area contributed by atoms with Crippen molar-refractivity contribution in [3.63, 3.8) is 0 Å². The maximum absolute atomic E-state index is 6.65. The van der Waals surface area contributed by atoms with Crippen LogP contribution in [0.2, 0.25) is 0 Å². The zero-order valence-corrected chi connectivity index (χ0v) is 38.0. The molecular formula is C66H46N2O. The molecule has 0 spiro atoms. The third-order valence-electron chi connectivity index (χ3n) is 13.9. The number of benzene rings is 10. The van der Waals surface area contributed by atoms with Gasteiger partial charge in [-0.15, -0.1) is 0 Å². The van der Waals surface area contributed by atoms with E-state index in [1.807, 2.05) is 6.07 Å². The summed E-state index contributed by atoms with van der Waals surface area (Å²) >= 11 is 0. The lowest BCUT2D eigenvalue weighted by Crippen LogP contribution is -2.11. The van der Waals surface area contributed by atoms with Crippen LogP contribution in [-0.4, -0.2) is 4.57 Å². The highest BCUT2D eigenvalue weighted by atomic mass is 16.3. The number of hydrogen-bond donors (Lipinski definition) is 0. The molecule has 3 heteroatoms. The van der Waals surface area contributed by atoms with Crippen LogP contribution in [0.1, 0.15) is 17.7 Å². The molecule has 2 heterocycles. The Morgan fingerprint density at radius 3 is 1.81 bits per heavy atom. The third kappa shape index (κ3) is 7.15. The van der Waals surface area contributed by atoms with Gasteiger partial charge in [-0.1, -0.05) is 200 Å². The van der Waals surface area contributed by atoms with Gasteiger partial charge in [0.1, 0.15) is 11.2 Å². The molecule has 0 amide bonds. The molecule has 0 aliphatic heterocycles. The molecule has 0 saturated heterocycles. The monoisotopic (exact) mass is 882 g/mol. The fraction of sp³-hybridized carbons (Fsp3) is 0.0303. The molecule has 0 fully saturated rings. The SMILES string of the molecule is C1=Cc2c(n(-c3ccccc3-c3ccc(-c4ccc(N(c5cccc(-c6cccc(-c7ccccc7)c6)c5)c5ccccc5-c5cccc6c5oc5ccccc56)cc4)cc3)c3ccccc23)CC1. The molecular weight excluding hydrogens is 837 g/mol. The smallest absolute Gasteiger partial charge is 0.143 e. The maximum atomic E-state index is 6.65. The second-order valence-electron chi connectivity index (χ2n) is 17.9. The van der Waals surface area contributed by atoms with E-state index in [2.05, 4.69) is 258 Å². The number of aromatic nitrogens is 1. The highest BCUT2D eigenvalue weighted by Gasteiger charge is 2.23. The van der Waals surface area contributed by atoms with E-state index in [0.29, 0.717) is 0 Å². The van der Waals surface area contributed by atoms with E-state index in [1.165, 1.54) is 55.7 Å². The normalized spacial score (nSPS) is 12.2. The largest absolute Gasteiger partial charge is 0.455 e. The van der Waals surface area contributed by atoms with E-state index in [-0.39, 0.29) is 0 Å². The van der Waals surface area contributed by atoms with Crippen molar-refractivity contribution in [1.29, 1.82) is 0 Å². The Kier molecular flexibility index (Phi) is 9.98. The molecule has 1 aliphatic carbocycles. The molecule has 1 aliphatic rings. The predicted octanol–water partition coefficient (Wildman–Crippen LogP) is 18.3. The Labute approximate surface area is 402 Å². The van der Waals surface area contributed by atoms with Crippen LogP contribution in [-0.2, 0) is 6.42 Å². The molecule has 0 unspecified atom stereocenters. The second-order valence-corrected chi connectivity index (χ2v) is 17.9. The summed E-state index contributed by atoms with van der Waals surface area (Å²) in [5.74, 6) is 0. The highest BCUT2D eigenvalue weighted by molar-refractivity contribution is 6.11. The first-order chi connectivity index (χ1) is 34.2. The first kappa shape index (κ1) is 40.4. The summed E-state index contributed by atoms with van der Waals surface area (Å²) < 4.78 is 9.15. The number of nitrogens with zero attached hydrogens (tertiary/aromatic N) is 2. The Hall–Kier alpha value is -8.92. The fourth-order valence-corrected chi connectivity index (χ4v) is 10.6. The van der Waals surface area contributed by atoms with Crippen molar-refractivity contribution < 1.29 is 4.42 Å². The van der Waals surface area contributed by atoms with Crippen LogP contribution in [0.25, 0.3) is 100 Å². The molecule has 2 aromatic heterocycles. The van der Waals surface area contributed by atoms with Gasteiger partial charge in [0.25, 0.3) is 0 Å². The fourth-order valence-electron chi connectivity index (χ4n) is 10.6. The van der Waals surface area contributed by atoms with Crippen molar-refractivity contribution in [2.24, 2.45) is 0 Å². The number of para-hydroxylation sites is 5. The average Bonchev–Trinajstić information content (AvgIpc) is 3.98. The minimum absolute atomic E-state index is 0.886. The third-order valence-corrected chi connectivity index (χ3v) is 13.9. The van der Waals surface area contributed by atoms with Crippen LogP contribution in [0.5, 0.6) is 0 Å². The maximum Gasteiger partial charge on any atom is 0.143 e. The quantitative estimate of drug-likeness (QED) is 0.144. The summed E-state index contributed by atoms with van der Waals surface area (Å²) in [6, 6.07) is 87.7. The van der Waals surface area contributed by atoms with Gasteiger partial charge in [0.2, 0.25) is 0 Å². The van der Waals surface area contributed by atoms with Crippen molar-refractivity contribution in [2.45, 2.75) is 12.8 Å². The molecule has 0 N–H and O–H groups in total. The topological polar surface area (TPSA) is 21.3 Å². The van der Waals surface area contributed by atoms with Crippen LogP contribution in [0.15, 0.2) is 253 Å². The minimum Gasteiger partial charge on any atom is -0.455 e.